The molecule has 0 unspecified atom stereocenters. The molecular weight excluding hydrogens is 364 g/mol. The number of amides is 2. The number of carbonyl (C=O) groups excluding carboxylic acids is 2. The molecule has 2 aromatic carbocycles. The van der Waals surface area contributed by atoms with E-state index >= 15 is 0 Å². The quantitative estimate of drug-likeness (QED) is 0.765. The Bertz CT molecular complexity index is 840. The average Bonchev–Trinajstić information content (AvgIpc) is 2.68. The fourth-order valence-electron chi connectivity index (χ4n) is 2.95. The zero-order valence-corrected chi connectivity index (χ0v) is 16.1. The van der Waals surface area contributed by atoms with Crippen molar-refractivity contribution in [3.8, 4) is 11.5 Å². The third kappa shape index (κ3) is 4.54. The molecular formula is C20H22N2O4S. The molecule has 0 radical (unpaired) electrons. The van der Waals surface area contributed by atoms with E-state index in [-0.39, 0.29) is 18.2 Å². The number of hydrogen-bond acceptors (Lipinski definition) is 5. The second-order valence-corrected chi connectivity index (χ2v) is 7.29. The summed E-state index contributed by atoms with van der Waals surface area (Å²) in [5, 5.41) is 5.31. The first-order valence-corrected chi connectivity index (χ1v) is 9.53. The second kappa shape index (κ2) is 8.81. The molecule has 0 fully saturated rings. The van der Waals surface area contributed by atoms with E-state index < -0.39 is 5.25 Å². The van der Waals surface area contributed by atoms with Crippen LogP contribution in [-0.4, -0.2) is 37.8 Å². The summed E-state index contributed by atoms with van der Waals surface area (Å²) in [4.78, 5) is 25.5. The van der Waals surface area contributed by atoms with Crippen LogP contribution in [0.15, 0.2) is 47.4 Å². The van der Waals surface area contributed by atoms with Crippen molar-refractivity contribution in [3.63, 3.8) is 0 Å². The molecule has 1 aliphatic heterocycles. The molecule has 2 aromatic rings. The molecule has 1 aliphatic rings. The van der Waals surface area contributed by atoms with Crippen LogP contribution in [0.4, 0.5) is 5.69 Å². The Morgan fingerprint density at radius 1 is 1.15 bits per heavy atom. The second-order valence-electron chi connectivity index (χ2n) is 6.05. The van der Waals surface area contributed by atoms with Crippen molar-refractivity contribution in [2.45, 2.75) is 23.0 Å². The van der Waals surface area contributed by atoms with Crippen LogP contribution in [0.1, 0.15) is 12.0 Å². The first-order valence-electron chi connectivity index (χ1n) is 8.65. The lowest BCUT2D eigenvalue weighted by Gasteiger charge is -2.23. The minimum atomic E-state index is -0.425. The third-order valence-corrected chi connectivity index (χ3v) is 5.55. The van der Waals surface area contributed by atoms with Gasteiger partial charge < -0.3 is 20.1 Å². The molecule has 27 heavy (non-hydrogen) atoms. The zero-order chi connectivity index (χ0) is 19.2. The Morgan fingerprint density at radius 2 is 1.96 bits per heavy atom. The van der Waals surface area contributed by atoms with Gasteiger partial charge in [0.25, 0.3) is 0 Å². The molecule has 2 amide bonds. The number of carbonyl (C=O) groups is 2. The number of nitrogens with one attached hydrogen (secondary N) is 2. The van der Waals surface area contributed by atoms with Crippen LogP contribution in [0.5, 0.6) is 11.5 Å². The number of para-hydroxylation sites is 2. The Balaban J connectivity index is 1.53. The fourth-order valence-corrected chi connectivity index (χ4v) is 4.07. The van der Waals surface area contributed by atoms with Crippen LogP contribution >= 0.6 is 11.8 Å². The molecule has 0 saturated carbocycles. The fraction of sp³-hybridized carbons (Fsp3) is 0.300. The van der Waals surface area contributed by atoms with Crippen molar-refractivity contribution >= 4 is 29.3 Å². The number of fused-ring (bicyclic) bond motifs is 1. The van der Waals surface area contributed by atoms with E-state index in [1.54, 1.807) is 14.2 Å². The molecule has 6 nitrogen and oxygen atoms in total. The van der Waals surface area contributed by atoms with Gasteiger partial charge in [0.15, 0.2) is 11.5 Å². The summed E-state index contributed by atoms with van der Waals surface area (Å²) in [6.07, 6.45) is 0.749. The highest BCUT2D eigenvalue weighted by molar-refractivity contribution is 8.01. The Labute approximate surface area is 162 Å². The predicted octanol–water partition coefficient (Wildman–Crippen LogP) is 2.87. The van der Waals surface area contributed by atoms with E-state index in [9.17, 15) is 9.59 Å². The summed E-state index contributed by atoms with van der Waals surface area (Å²) < 4.78 is 10.7. The Hall–Kier alpha value is -2.67. The normalized spacial score (nSPS) is 15.5. The van der Waals surface area contributed by atoms with Crippen molar-refractivity contribution in [2.75, 3.05) is 26.1 Å². The van der Waals surface area contributed by atoms with Crippen LogP contribution in [0.3, 0.4) is 0 Å². The number of anilines is 1. The molecule has 0 bridgehead atoms. The number of hydrogen-bond donors (Lipinski definition) is 2. The maximum atomic E-state index is 12.3. The Morgan fingerprint density at radius 3 is 2.74 bits per heavy atom. The predicted molar refractivity (Wildman–Crippen MR) is 106 cm³/mol. The van der Waals surface area contributed by atoms with Crippen LogP contribution in [0, 0.1) is 0 Å². The third-order valence-electron chi connectivity index (χ3n) is 4.28. The zero-order valence-electron chi connectivity index (χ0n) is 15.3. The monoisotopic (exact) mass is 386 g/mol. The summed E-state index contributed by atoms with van der Waals surface area (Å²) in [6, 6.07) is 13.3. The lowest BCUT2D eigenvalue weighted by atomic mass is 10.1. The van der Waals surface area contributed by atoms with Gasteiger partial charge in [0.2, 0.25) is 11.8 Å². The molecule has 1 heterocycles. The summed E-state index contributed by atoms with van der Waals surface area (Å²) in [5.74, 6) is 1.05. The van der Waals surface area contributed by atoms with Crippen LogP contribution in [0.2, 0.25) is 0 Å². The van der Waals surface area contributed by atoms with Crippen molar-refractivity contribution in [1.29, 1.82) is 0 Å². The maximum Gasteiger partial charge on any atom is 0.238 e. The van der Waals surface area contributed by atoms with Crippen molar-refractivity contribution in [2.24, 2.45) is 0 Å². The number of methoxy groups -OCH3 is 2. The van der Waals surface area contributed by atoms with E-state index in [0.717, 1.165) is 16.1 Å². The van der Waals surface area contributed by atoms with Crippen LogP contribution < -0.4 is 20.1 Å². The molecule has 0 saturated heterocycles. The number of rotatable bonds is 7. The van der Waals surface area contributed by atoms with Gasteiger partial charge in [-0.2, -0.15) is 0 Å². The van der Waals surface area contributed by atoms with E-state index in [1.165, 1.54) is 11.8 Å². The minimum Gasteiger partial charge on any atom is -0.493 e. The summed E-state index contributed by atoms with van der Waals surface area (Å²) in [7, 11) is 3.19. The lowest BCUT2D eigenvalue weighted by Crippen LogP contribution is -2.35. The van der Waals surface area contributed by atoms with Crippen LogP contribution in [0.25, 0.3) is 0 Å². The highest BCUT2D eigenvalue weighted by Gasteiger charge is 2.28. The van der Waals surface area contributed by atoms with Crippen molar-refractivity contribution in [1.82, 2.24) is 5.32 Å². The molecule has 0 aliphatic carbocycles. The minimum absolute atomic E-state index is 0.136. The molecule has 3 rings (SSSR count). The molecule has 0 spiro atoms. The highest BCUT2D eigenvalue weighted by atomic mass is 32.2. The molecule has 7 heteroatoms. The van der Waals surface area contributed by atoms with Gasteiger partial charge in [-0.1, -0.05) is 24.3 Å². The Kier molecular flexibility index (Phi) is 6.24. The van der Waals surface area contributed by atoms with Gasteiger partial charge in [-0.3, -0.25) is 9.59 Å². The topological polar surface area (TPSA) is 76.7 Å². The SMILES string of the molecule is COc1cccc(CCNC(=O)C[C@@H]2Sc3ccccc3NC2=O)c1OC. The summed E-state index contributed by atoms with van der Waals surface area (Å²) in [5.41, 5.74) is 1.75. The lowest BCUT2D eigenvalue weighted by molar-refractivity contribution is -0.124. The van der Waals surface area contributed by atoms with E-state index in [2.05, 4.69) is 10.6 Å². The van der Waals surface area contributed by atoms with Gasteiger partial charge in [-0.25, -0.2) is 0 Å². The first kappa shape index (κ1) is 19.1. The molecule has 1 atom stereocenters. The smallest absolute Gasteiger partial charge is 0.238 e. The van der Waals surface area contributed by atoms with Crippen molar-refractivity contribution in [3.05, 3.63) is 48.0 Å². The van der Waals surface area contributed by atoms with Gasteiger partial charge in [0.1, 0.15) is 0 Å². The van der Waals surface area contributed by atoms with Gasteiger partial charge in [0.05, 0.1) is 25.2 Å². The van der Waals surface area contributed by atoms with E-state index in [4.69, 9.17) is 9.47 Å². The number of benzene rings is 2. The van der Waals surface area contributed by atoms with Gasteiger partial charge in [-0.05, 0) is 30.2 Å². The van der Waals surface area contributed by atoms with Crippen molar-refractivity contribution < 1.29 is 19.1 Å². The summed E-state index contributed by atoms with van der Waals surface area (Å²) in [6.45, 7) is 0.456. The van der Waals surface area contributed by atoms with Gasteiger partial charge in [-0.15, -0.1) is 11.8 Å². The van der Waals surface area contributed by atoms with Crippen LogP contribution in [-0.2, 0) is 16.0 Å². The van der Waals surface area contributed by atoms with E-state index in [0.29, 0.717) is 24.5 Å². The highest BCUT2D eigenvalue weighted by Crippen LogP contribution is 2.36. The molecule has 2 N–H and O–H groups in total. The van der Waals surface area contributed by atoms with Gasteiger partial charge >= 0.3 is 0 Å². The first-order chi connectivity index (χ1) is 13.1. The number of thioether (sulfide) groups is 1. The summed E-state index contributed by atoms with van der Waals surface area (Å²) >= 11 is 1.42. The largest absolute Gasteiger partial charge is 0.493 e. The standard InChI is InChI=1S/C20H22N2O4S/c1-25-15-8-5-6-13(19(15)26-2)10-11-21-18(23)12-17-20(24)22-14-7-3-4-9-16(14)27-17/h3-9,17H,10-12H2,1-2H3,(H,21,23)(H,22,24)/t17-/m0/s1. The maximum absolute atomic E-state index is 12.3. The van der Waals surface area contributed by atoms with Gasteiger partial charge in [0, 0.05) is 17.9 Å². The number of ether oxygens (including phenoxy) is 2. The average molecular weight is 386 g/mol. The molecule has 0 aromatic heterocycles. The molecule has 142 valence electrons. The van der Waals surface area contributed by atoms with E-state index in [1.807, 2.05) is 42.5 Å².